The molecule has 15 heavy (non-hydrogen) atoms. The minimum absolute atomic E-state index is 0.477. The van der Waals surface area contributed by atoms with E-state index in [4.69, 9.17) is 4.74 Å². The first kappa shape index (κ1) is 10.7. The molecule has 1 aromatic heterocycles. The van der Waals surface area contributed by atoms with Gasteiger partial charge in [0.1, 0.15) is 0 Å². The summed E-state index contributed by atoms with van der Waals surface area (Å²) in [5, 5.41) is 6.86. The number of nitrogens with one attached hydrogen (secondary N) is 3. The Bertz CT molecular complexity index is 255. The third-order valence-electron chi connectivity index (χ3n) is 2.64. The third kappa shape index (κ3) is 3.66. The van der Waals surface area contributed by atoms with Crippen LogP contribution in [0.3, 0.4) is 0 Å². The number of aromatic amines is 1. The lowest BCUT2D eigenvalue weighted by molar-refractivity contribution is 0.0768. The summed E-state index contributed by atoms with van der Waals surface area (Å²) in [7, 11) is 0. The fraction of sp³-hybridized carbons (Fsp3) is 0.636. The van der Waals surface area contributed by atoms with Crippen molar-refractivity contribution >= 4 is 0 Å². The summed E-state index contributed by atoms with van der Waals surface area (Å²) in [5.41, 5.74) is 1.36. The molecule has 4 nitrogen and oxygen atoms in total. The van der Waals surface area contributed by atoms with E-state index in [1.807, 2.05) is 12.4 Å². The molecule has 1 atom stereocenters. The molecular weight excluding hydrogens is 190 g/mol. The van der Waals surface area contributed by atoms with Gasteiger partial charge in [-0.05, 0) is 24.6 Å². The molecule has 1 fully saturated rings. The van der Waals surface area contributed by atoms with Crippen molar-refractivity contribution in [2.24, 2.45) is 0 Å². The topological polar surface area (TPSA) is 49.1 Å². The van der Waals surface area contributed by atoms with Gasteiger partial charge in [-0.15, -0.1) is 0 Å². The van der Waals surface area contributed by atoms with E-state index in [1.165, 1.54) is 5.56 Å². The minimum atomic E-state index is 0.477. The lowest BCUT2D eigenvalue weighted by Crippen LogP contribution is -2.47. The summed E-state index contributed by atoms with van der Waals surface area (Å²) in [5.74, 6) is 0. The summed E-state index contributed by atoms with van der Waals surface area (Å²) in [4.78, 5) is 3.06. The lowest BCUT2D eigenvalue weighted by Gasteiger charge is -2.23. The number of ether oxygens (including phenoxy) is 1. The van der Waals surface area contributed by atoms with Gasteiger partial charge in [0, 0.05) is 31.5 Å². The van der Waals surface area contributed by atoms with Crippen LogP contribution in [0.4, 0.5) is 0 Å². The monoisotopic (exact) mass is 209 g/mol. The summed E-state index contributed by atoms with van der Waals surface area (Å²) in [6, 6.07) is 2.59. The molecule has 2 heterocycles. The van der Waals surface area contributed by atoms with E-state index >= 15 is 0 Å². The van der Waals surface area contributed by atoms with Gasteiger partial charge in [0.05, 0.1) is 13.2 Å². The first-order valence-corrected chi connectivity index (χ1v) is 5.58. The van der Waals surface area contributed by atoms with Crippen molar-refractivity contribution in [1.29, 1.82) is 0 Å². The normalized spacial score (nSPS) is 21.7. The summed E-state index contributed by atoms with van der Waals surface area (Å²) in [6.45, 7) is 4.67. The van der Waals surface area contributed by atoms with E-state index in [2.05, 4.69) is 21.7 Å². The fourth-order valence-electron chi connectivity index (χ4n) is 1.77. The molecule has 1 aliphatic heterocycles. The van der Waals surface area contributed by atoms with E-state index in [0.29, 0.717) is 6.04 Å². The van der Waals surface area contributed by atoms with Crippen molar-refractivity contribution in [1.82, 2.24) is 15.6 Å². The maximum Gasteiger partial charge on any atom is 0.0632 e. The van der Waals surface area contributed by atoms with Gasteiger partial charge >= 0.3 is 0 Å². The Kier molecular flexibility index (Phi) is 4.20. The lowest BCUT2D eigenvalue weighted by atomic mass is 10.2. The zero-order chi connectivity index (χ0) is 10.3. The molecule has 0 saturated carbocycles. The molecule has 0 bridgehead atoms. The maximum absolute atomic E-state index is 5.38. The van der Waals surface area contributed by atoms with E-state index in [1.54, 1.807) is 0 Å². The van der Waals surface area contributed by atoms with Crippen LogP contribution in [0.5, 0.6) is 0 Å². The highest BCUT2D eigenvalue weighted by Gasteiger charge is 2.11. The highest BCUT2D eigenvalue weighted by Crippen LogP contribution is 1.96. The third-order valence-corrected chi connectivity index (χ3v) is 2.64. The van der Waals surface area contributed by atoms with Crippen LogP contribution < -0.4 is 10.6 Å². The summed E-state index contributed by atoms with van der Waals surface area (Å²) in [6.07, 6.45) is 5.09. The molecule has 84 valence electrons. The molecule has 1 aromatic rings. The van der Waals surface area contributed by atoms with Gasteiger partial charge in [-0.25, -0.2) is 0 Å². The van der Waals surface area contributed by atoms with Crippen LogP contribution in [0, 0.1) is 0 Å². The van der Waals surface area contributed by atoms with Crippen molar-refractivity contribution in [3.05, 3.63) is 24.0 Å². The van der Waals surface area contributed by atoms with Crippen LogP contribution >= 0.6 is 0 Å². The number of aromatic nitrogens is 1. The predicted molar refractivity (Wildman–Crippen MR) is 60.0 cm³/mol. The molecule has 0 aliphatic carbocycles. The molecular formula is C11H19N3O. The second-order valence-electron chi connectivity index (χ2n) is 3.90. The van der Waals surface area contributed by atoms with E-state index in [-0.39, 0.29) is 0 Å². The first-order valence-electron chi connectivity index (χ1n) is 5.58. The van der Waals surface area contributed by atoms with Crippen molar-refractivity contribution in [2.45, 2.75) is 12.5 Å². The highest BCUT2D eigenvalue weighted by atomic mass is 16.5. The average Bonchev–Trinajstić information content (AvgIpc) is 2.79. The first-order chi connectivity index (χ1) is 7.45. The van der Waals surface area contributed by atoms with Crippen molar-refractivity contribution in [3.8, 4) is 0 Å². The van der Waals surface area contributed by atoms with Gasteiger partial charge in [0.2, 0.25) is 0 Å². The Labute approximate surface area is 90.4 Å². The zero-order valence-corrected chi connectivity index (χ0v) is 8.96. The van der Waals surface area contributed by atoms with Crippen LogP contribution in [0.1, 0.15) is 5.56 Å². The van der Waals surface area contributed by atoms with Crippen LogP contribution in [-0.2, 0) is 11.2 Å². The second-order valence-corrected chi connectivity index (χ2v) is 3.90. The van der Waals surface area contributed by atoms with Crippen LogP contribution in [0.15, 0.2) is 18.5 Å². The van der Waals surface area contributed by atoms with Crippen molar-refractivity contribution in [2.75, 3.05) is 32.8 Å². The zero-order valence-electron chi connectivity index (χ0n) is 8.96. The van der Waals surface area contributed by atoms with Gasteiger partial charge in [0.15, 0.2) is 0 Å². The van der Waals surface area contributed by atoms with Crippen LogP contribution in [0.2, 0.25) is 0 Å². The molecule has 1 aliphatic rings. The van der Waals surface area contributed by atoms with E-state index < -0.39 is 0 Å². The Morgan fingerprint density at radius 1 is 1.53 bits per heavy atom. The molecule has 0 radical (unpaired) electrons. The molecule has 2 rings (SSSR count). The fourth-order valence-corrected chi connectivity index (χ4v) is 1.77. The smallest absolute Gasteiger partial charge is 0.0632 e. The van der Waals surface area contributed by atoms with Gasteiger partial charge in [0.25, 0.3) is 0 Å². The summed E-state index contributed by atoms with van der Waals surface area (Å²) >= 11 is 0. The number of rotatable bonds is 5. The predicted octanol–water partition coefficient (Wildman–Crippen LogP) is 0.135. The largest absolute Gasteiger partial charge is 0.378 e. The maximum atomic E-state index is 5.38. The average molecular weight is 209 g/mol. The van der Waals surface area contributed by atoms with Crippen molar-refractivity contribution < 1.29 is 4.74 Å². The van der Waals surface area contributed by atoms with Crippen LogP contribution in [-0.4, -0.2) is 43.9 Å². The number of H-pyrrole nitrogens is 1. The molecule has 4 heteroatoms. The Morgan fingerprint density at radius 2 is 2.53 bits per heavy atom. The van der Waals surface area contributed by atoms with E-state index in [0.717, 1.165) is 39.3 Å². The second kappa shape index (κ2) is 5.90. The van der Waals surface area contributed by atoms with Crippen molar-refractivity contribution in [3.63, 3.8) is 0 Å². The number of hydrogen-bond donors (Lipinski definition) is 3. The Balaban J connectivity index is 1.54. The Morgan fingerprint density at radius 3 is 3.27 bits per heavy atom. The quantitative estimate of drug-likeness (QED) is 0.604. The van der Waals surface area contributed by atoms with E-state index in [9.17, 15) is 0 Å². The molecule has 0 spiro atoms. The summed E-state index contributed by atoms with van der Waals surface area (Å²) < 4.78 is 5.38. The SMILES string of the molecule is c1cc(CCNCC2COCCN2)c[nH]1. The molecule has 1 saturated heterocycles. The highest BCUT2D eigenvalue weighted by molar-refractivity contribution is 5.08. The minimum Gasteiger partial charge on any atom is -0.378 e. The Hall–Kier alpha value is -0.840. The molecule has 0 amide bonds. The molecule has 1 unspecified atom stereocenters. The van der Waals surface area contributed by atoms with Gasteiger partial charge in [-0.3, -0.25) is 0 Å². The van der Waals surface area contributed by atoms with Crippen LogP contribution in [0.25, 0.3) is 0 Å². The standard InChI is InChI=1S/C11H19N3O/c1-3-12-7-10(1)2-4-13-8-11-9-15-6-5-14-11/h1,3,7,11-14H,2,4-6,8-9H2. The number of hydrogen-bond acceptors (Lipinski definition) is 3. The van der Waals surface area contributed by atoms with Gasteiger partial charge < -0.3 is 20.4 Å². The molecule has 0 aromatic carbocycles. The number of morpholine rings is 1. The molecule has 3 N–H and O–H groups in total. The van der Waals surface area contributed by atoms with Gasteiger partial charge in [-0.2, -0.15) is 0 Å². The van der Waals surface area contributed by atoms with Gasteiger partial charge in [-0.1, -0.05) is 0 Å².